The van der Waals surface area contributed by atoms with Gasteiger partial charge in [-0.3, -0.25) is 14.8 Å². The number of ether oxygens (including phenoxy) is 1. The second kappa shape index (κ2) is 11.4. The van der Waals surface area contributed by atoms with E-state index in [-0.39, 0.29) is 24.3 Å². The molecule has 0 aliphatic carbocycles. The molecule has 0 bridgehead atoms. The first-order valence-electron chi connectivity index (χ1n) is 12.9. The summed E-state index contributed by atoms with van der Waals surface area (Å²) in [4.78, 5) is 32.6. The van der Waals surface area contributed by atoms with Crippen LogP contribution < -0.4 is 10.2 Å². The van der Waals surface area contributed by atoms with Crippen LogP contribution in [0.3, 0.4) is 0 Å². The first-order valence-corrected chi connectivity index (χ1v) is 14.8. The van der Waals surface area contributed by atoms with Crippen molar-refractivity contribution in [3.63, 3.8) is 0 Å². The molecule has 10 nitrogen and oxygen atoms in total. The minimum Gasteiger partial charge on any atom is -0.372 e. The summed E-state index contributed by atoms with van der Waals surface area (Å²) in [6, 6.07) is 10.5. The molecule has 1 aromatic carbocycles. The number of benzene rings is 1. The third kappa shape index (κ3) is 6.46. The first kappa shape index (κ1) is 28.4. The predicted octanol–water partition coefficient (Wildman–Crippen LogP) is 3.97. The Balaban J connectivity index is 1.34. The number of sulfone groups is 1. The van der Waals surface area contributed by atoms with E-state index < -0.39 is 32.6 Å². The largest absolute Gasteiger partial charge is 0.372 e. The van der Waals surface area contributed by atoms with Gasteiger partial charge in [0.1, 0.15) is 17.0 Å². The summed E-state index contributed by atoms with van der Waals surface area (Å²) >= 11 is 0. The van der Waals surface area contributed by atoms with Crippen LogP contribution in [-0.4, -0.2) is 65.8 Å². The zero-order valence-corrected chi connectivity index (χ0v) is 23.4. The second-order valence-electron chi connectivity index (χ2n) is 9.97. The Bertz CT molecular complexity index is 1710. The number of nitrogens with zero attached hydrogens (tertiary/aromatic N) is 5. The molecule has 1 fully saturated rings. The van der Waals surface area contributed by atoms with E-state index >= 15 is 0 Å². The molecule has 1 N–H and O–H groups in total. The number of pyridine rings is 2. The summed E-state index contributed by atoms with van der Waals surface area (Å²) in [6.07, 6.45) is 1.18. The van der Waals surface area contributed by atoms with Crippen LogP contribution in [0.2, 0.25) is 0 Å². The van der Waals surface area contributed by atoms with E-state index in [1.165, 1.54) is 6.20 Å². The van der Waals surface area contributed by atoms with Gasteiger partial charge in [0.05, 0.1) is 52.9 Å². The van der Waals surface area contributed by atoms with Gasteiger partial charge in [-0.25, -0.2) is 27.2 Å². The van der Waals surface area contributed by atoms with Crippen molar-refractivity contribution in [1.29, 1.82) is 0 Å². The normalized spacial score (nSPS) is 17.7. The van der Waals surface area contributed by atoms with Crippen LogP contribution in [0.1, 0.15) is 41.9 Å². The lowest BCUT2D eigenvalue weighted by Crippen LogP contribution is -2.45. The highest BCUT2D eigenvalue weighted by Crippen LogP contribution is 2.28. The standard InChI is InChI=1S/C28H28F2N6O4S/c1-16-14-36(15-17(2)40-16)26-6-4-5-21(35-26)24-13-32-23-12-31-19(10-22(23)34-24)11-33-28(37)18-7-8-20(27(29)30)25(9-18)41(3,38)39/h4-10,12-13,16-17,27H,11,14-15H2,1-3H3,(H,33,37)/t16-,17+. The van der Waals surface area contributed by atoms with Gasteiger partial charge in [0.15, 0.2) is 9.84 Å². The molecule has 4 heterocycles. The number of alkyl halides is 2. The highest BCUT2D eigenvalue weighted by Gasteiger charge is 2.24. The molecule has 1 saturated heterocycles. The number of carbonyl (C=O) groups excluding carboxylic acids is 1. The highest BCUT2D eigenvalue weighted by molar-refractivity contribution is 7.90. The van der Waals surface area contributed by atoms with Crippen molar-refractivity contribution in [1.82, 2.24) is 25.3 Å². The maximum Gasteiger partial charge on any atom is 0.265 e. The van der Waals surface area contributed by atoms with E-state index in [1.54, 1.807) is 12.3 Å². The zero-order valence-electron chi connectivity index (χ0n) is 22.6. The van der Waals surface area contributed by atoms with Crippen molar-refractivity contribution in [2.24, 2.45) is 0 Å². The molecule has 0 saturated carbocycles. The van der Waals surface area contributed by atoms with Gasteiger partial charge in [-0.15, -0.1) is 0 Å². The number of morpholine rings is 1. The summed E-state index contributed by atoms with van der Waals surface area (Å²) in [5.41, 5.74) is 2.09. The molecule has 1 aliphatic rings. The third-order valence-electron chi connectivity index (χ3n) is 6.57. The summed E-state index contributed by atoms with van der Waals surface area (Å²) in [5.74, 6) is 0.190. The smallest absolute Gasteiger partial charge is 0.265 e. The third-order valence-corrected chi connectivity index (χ3v) is 7.72. The second-order valence-corrected chi connectivity index (χ2v) is 12.0. The maximum atomic E-state index is 13.3. The molecule has 41 heavy (non-hydrogen) atoms. The average Bonchev–Trinajstić information content (AvgIpc) is 2.94. The van der Waals surface area contributed by atoms with Crippen molar-refractivity contribution >= 4 is 32.6 Å². The SMILES string of the molecule is C[C@@H]1CN(c2cccc(-c3cnc4cnc(CNC(=O)c5ccc(C(F)F)c(S(C)(=O)=O)c5)cc4n3)n2)C[C@H](C)O1. The van der Waals surface area contributed by atoms with Crippen LogP contribution in [0.4, 0.5) is 14.6 Å². The van der Waals surface area contributed by atoms with Crippen LogP contribution in [0, 0.1) is 0 Å². The number of fused-ring (bicyclic) bond motifs is 1. The summed E-state index contributed by atoms with van der Waals surface area (Å²) < 4.78 is 56.3. The molecule has 13 heteroatoms. The van der Waals surface area contributed by atoms with Crippen LogP contribution in [0.5, 0.6) is 0 Å². The van der Waals surface area contributed by atoms with Gasteiger partial charge < -0.3 is 15.0 Å². The Morgan fingerprint density at radius 3 is 2.49 bits per heavy atom. The number of aromatic nitrogens is 4. The molecule has 1 amide bonds. The Morgan fingerprint density at radius 1 is 1.02 bits per heavy atom. The fourth-order valence-electron chi connectivity index (χ4n) is 4.73. The molecule has 2 atom stereocenters. The molecule has 0 spiro atoms. The van der Waals surface area contributed by atoms with Crippen LogP contribution >= 0.6 is 0 Å². The molecule has 4 aromatic rings. The summed E-state index contributed by atoms with van der Waals surface area (Å²) in [6.45, 7) is 5.52. The number of anilines is 1. The topological polar surface area (TPSA) is 127 Å². The molecule has 3 aromatic heterocycles. The van der Waals surface area contributed by atoms with Crippen LogP contribution in [0.25, 0.3) is 22.4 Å². The number of carbonyl (C=O) groups is 1. The number of halogens is 2. The lowest BCUT2D eigenvalue weighted by Gasteiger charge is -2.36. The van der Waals surface area contributed by atoms with Gasteiger partial charge in [0.2, 0.25) is 0 Å². The molecule has 5 rings (SSSR count). The van der Waals surface area contributed by atoms with E-state index in [0.29, 0.717) is 28.1 Å². The van der Waals surface area contributed by atoms with Crippen LogP contribution in [0.15, 0.2) is 59.8 Å². The maximum absolute atomic E-state index is 13.3. The van der Waals surface area contributed by atoms with E-state index in [0.717, 1.165) is 43.4 Å². The average molecular weight is 583 g/mol. The van der Waals surface area contributed by atoms with Gasteiger partial charge in [-0.2, -0.15) is 0 Å². The molecule has 0 radical (unpaired) electrons. The zero-order chi connectivity index (χ0) is 29.3. The van der Waals surface area contributed by atoms with E-state index in [2.05, 4.69) is 20.2 Å². The predicted molar refractivity (Wildman–Crippen MR) is 148 cm³/mol. The van der Waals surface area contributed by atoms with E-state index in [4.69, 9.17) is 14.7 Å². The summed E-state index contributed by atoms with van der Waals surface area (Å²) in [5, 5.41) is 2.64. The molecule has 1 aliphatic heterocycles. The lowest BCUT2D eigenvalue weighted by atomic mass is 10.1. The fourth-order valence-corrected chi connectivity index (χ4v) is 5.66. The van der Waals surface area contributed by atoms with Crippen molar-refractivity contribution < 1.29 is 26.7 Å². The fraction of sp³-hybridized carbons (Fsp3) is 0.321. The van der Waals surface area contributed by atoms with E-state index in [9.17, 15) is 22.0 Å². The van der Waals surface area contributed by atoms with Gasteiger partial charge in [-0.1, -0.05) is 12.1 Å². The van der Waals surface area contributed by atoms with Gasteiger partial charge in [-0.05, 0) is 44.2 Å². The Kier molecular flexibility index (Phi) is 7.91. The minimum absolute atomic E-state index is 0.00732. The van der Waals surface area contributed by atoms with Crippen LogP contribution in [-0.2, 0) is 21.1 Å². The molecular weight excluding hydrogens is 554 g/mol. The molecular formula is C28H28F2N6O4S. The van der Waals surface area contributed by atoms with Crippen molar-refractivity contribution in [3.8, 4) is 11.4 Å². The van der Waals surface area contributed by atoms with Gasteiger partial charge >= 0.3 is 0 Å². The number of hydrogen-bond donors (Lipinski definition) is 1. The molecule has 0 unspecified atom stereocenters. The van der Waals surface area contributed by atoms with Gasteiger partial charge in [0, 0.05) is 30.5 Å². The minimum atomic E-state index is -3.97. The quantitative estimate of drug-likeness (QED) is 0.344. The Morgan fingerprint density at radius 2 is 1.78 bits per heavy atom. The monoisotopic (exact) mass is 582 g/mol. The number of hydrogen-bond acceptors (Lipinski definition) is 9. The van der Waals surface area contributed by atoms with Crippen molar-refractivity contribution in [3.05, 3.63) is 71.7 Å². The number of nitrogens with one attached hydrogen (secondary N) is 1. The Labute approximate surface area is 235 Å². The Hall–Kier alpha value is -4.10. The van der Waals surface area contributed by atoms with Crippen molar-refractivity contribution in [2.45, 2.75) is 43.9 Å². The van der Waals surface area contributed by atoms with Gasteiger partial charge in [0.25, 0.3) is 12.3 Å². The first-order chi connectivity index (χ1) is 19.5. The number of amides is 1. The van der Waals surface area contributed by atoms with E-state index in [1.807, 2.05) is 32.0 Å². The number of rotatable bonds is 7. The van der Waals surface area contributed by atoms with Crippen molar-refractivity contribution in [2.75, 3.05) is 24.2 Å². The highest BCUT2D eigenvalue weighted by atomic mass is 32.2. The lowest BCUT2D eigenvalue weighted by molar-refractivity contribution is -0.00545. The molecule has 214 valence electrons. The summed E-state index contributed by atoms with van der Waals surface area (Å²) in [7, 11) is -3.97.